The normalized spacial score (nSPS) is 17.4. The fraction of sp³-hybridized carbons (Fsp3) is 0.308. The average molecular weight is 467 g/mol. The number of aromatic nitrogens is 1. The maximum Gasteiger partial charge on any atom is 0.159 e. The first-order valence-electron chi connectivity index (χ1n) is 11.3. The Morgan fingerprint density at radius 3 is 2.50 bits per heavy atom. The summed E-state index contributed by atoms with van der Waals surface area (Å²) in [7, 11) is 0. The Bertz CT molecular complexity index is 1200. The molecule has 2 aromatic carbocycles. The summed E-state index contributed by atoms with van der Waals surface area (Å²) in [5, 5.41) is 4.07. The summed E-state index contributed by atoms with van der Waals surface area (Å²) in [5.74, 6) is -2.07. The van der Waals surface area contributed by atoms with Crippen LogP contribution in [-0.2, 0) is 11.4 Å². The van der Waals surface area contributed by atoms with Gasteiger partial charge >= 0.3 is 0 Å². The van der Waals surface area contributed by atoms with E-state index in [4.69, 9.17) is 4.84 Å². The Morgan fingerprint density at radius 1 is 1.00 bits per heavy atom. The van der Waals surface area contributed by atoms with E-state index in [1.165, 1.54) is 12.1 Å². The summed E-state index contributed by atoms with van der Waals surface area (Å²) < 4.78 is 40.6. The molecule has 3 heterocycles. The van der Waals surface area contributed by atoms with Crippen LogP contribution in [0.2, 0.25) is 0 Å². The third kappa shape index (κ3) is 4.50. The van der Waals surface area contributed by atoms with Gasteiger partial charge in [0.15, 0.2) is 11.6 Å². The minimum atomic E-state index is -0.947. The van der Waals surface area contributed by atoms with Crippen LogP contribution in [-0.4, -0.2) is 48.4 Å². The molecule has 0 aliphatic carbocycles. The summed E-state index contributed by atoms with van der Waals surface area (Å²) >= 11 is 0. The molecule has 2 fully saturated rings. The number of rotatable bonds is 7. The summed E-state index contributed by atoms with van der Waals surface area (Å²) in [5.41, 5.74) is 3.54. The number of pyridine rings is 1. The van der Waals surface area contributed by atoms with E-state index in [-0.39, 0.29) is 11.2 Å². The molecular weight excluding hydrogens is 441 g/mol. The average Bonchev–Trinajstić information content (AvgIpc) is 2.78. The molecule has 1 spiro atoms. The number of oxime groups is 1. The Morgan fingerprint density at radius 2 is 1.82 bits per heavy atom. The van der Waals surface area contributed by atoms with Gasteiger partial charge in [0.05, 0.1) is 5.69 Å². The zero-order chi connectivity index (χ0) is 23.7. The topological polar surface area (TPSA) is 41.0 Å². The van der Waals surface area contributed by atoms with Gasteiger partial charge in [-0.3, -0.25) is 9.88 Å². The van der Waals surface area contributed by atoms with E-state index in [0.29, 0.717) is 23.6 Å². The molecule has 0 N–H and O–H groups in total. The highest BCUT2D eigenvalue weighted by molar-refractivity contribution is 6.11. The van der Waals surface area contributed by atoms with E-state index >= 15 is 0 Å². The van der Waals surface area contributed by atoms with E-state index in [2.05, 4.69) is 19.9 Å². The summed E-state index contributed by atoms with van der Waals surface area (Å²) in [6, 6.07) is 14.1. The maximum absolute atomic E-state index is 13.7. The Labute approximate surface area is 196 Å². The number of hydrogen-bond donors (Lipinski definition) is 0. The van der Waals surface area contributed by atoms with E-state index < -0.39 is 11.6 Å². The number of benzene rings is 2. The predicted molar refractivity (Wildman–Crippen MR) is 124 cm³/mol. The third-order valence-electron chi connectivity index (χ3n) is 6.30. The molecule has 2 aliphatic rings. The summed E-state index contributed by atoms with van der Waals surface area (Å²) in [4.78, 5) is 14.3. The molecule has 34 heavy (non-hydrogen) atoms. The number of anilines is 1. The Kier molecular flexibility index (Phi) is 6.00. The second-order valence-corrected chi connectivity index (χ2v) is 9.02. The maximum atomic E-state index is 13.7. The van der Waals surface area contributed by atoms with Gasteiger partial charge < -0.3 is 9.74 Å². The van der Waals surface area contributed by atoms with Gasteiger partial charge in [-0.05, 0) is 55.0 Å². The lowest BCUT2D eigenvalue weighted by Crippen LogP contribution is -2.71. The molecule has 0 saturated carbocycles. The molecule has 0 amide bonds. The van der Waals surface area contributed by atoms with Crippen LogP contribution in [0.3, 0.4) is 0 Å². The molecular formula is C26H25F3N4O. The predicted octanol–water partition coefficient (Wildman–Crippen LogP) is 4.61. The first-order chi connectivity index (χ1) is 16.4. The van der Waals surface area contributed by atoms with E-state index in [9.17, 15) is 13.2 Å². The van der Waals surface area contributed by atoms with Gasteiger partial charge in [0.1, 0.15) is 18.1 Å². The van der Waals surface area contributed by atoms with Crippen molar-refractivity contribution >= 4 is 11.4 Å². The molecule has 1 aromatic heterocycles. The monoisotopic (exact) mass is 466 g/mol. The van der Waals surface area contributed by atoms with Crippen LogP contribution >= 0.6 is 0 Å². The Hall–Kier alpha value is -3.39. The smallest absolute Gasteiger partial charge is 0.159 e. The molecule has 2 aliphatic heterocycles. The molecule has 8 heteroatoms. The van der Waals surface area contributed by atoms with Crippen molar-refractivity contribution in [2.24, 2.45) is 10.6 Å². The SMILES string of the molecule is CCON=C(c1ccc(F)c(F)c1)c1ccc(CN2CC3(C2)CN(c2cccc(F)c2)C3)cn1. The van der Waals surface area contributed by atoms with Crippen molar-refractivity contribution in [2.45, 2.75) is 13.5 Å². The molecule has 0 unspecified atom stereocenters. The molecule has 0 atom stereocenters. The van der Waals surface area contributed by atoms with Crippen molar-refractivity contribution in [3.05, 3.63) is 95.1 Å². The standard InChI is InChI=1S/C26H25F3N4O/c1-2-34-31-25(19-7-8-22(28)23(29)10-19)24-9-6-18(12-30-24)13-32-14-26(15-32)16-33(17-26)21-5-3-4-20(27)11-21/h3-12H,2,13-17H2,1H3. The lowest BCUT2D eigenvalue weighted by molar-refractivity contribution is -0.0274. The molecule has 0 radical (unpaired) electrons. The van der Waals surface area contributed by atoms with Gasteiger partial charge in [-0.25, -0.2) is 13.2 Å². The highest BCUT2D eigenvalue weighted by Gasteiger charge is 2.51. The van der Waals surface area contributed by atoms with Crippen LogP contribution < -0.4 is 4.90 Å². The third-order valence-corrected chi connectivity index (χ3v) is 6.30. The van der Waals surface area contributed by atoms with Crippen molar-refractivity contribution in [3.63, 3.8) is 0 Å². The number of nitrogens with zero attached hydrogens (tertiary/aromatic N) is 4. The van der Waals surface area contributed by atoms with Gasteiger partial charge in [0.25, 0.3) is 0 Å². The van der Waals surface area contributed by atoms with Crippen LogP contribution in [0.1, 0.15) is 23.7 Å². The Balaban J connectivity index is 1.20. The van der Waals surface area contributed by atoms with Crippen molar-refractivity contribution < 1.29 is 18.0 Å². The zero-order valence-corrected chi connectivity index (χ0v) is 18.8. The van der Waals surface area contributed by atoms with Crippen LogP contribution in [0.5, 0.6) is 0 Å². The highest BCUT2D eigenvalue weighted by Crippen LogP contribution is 2.42. The van der Waals surface area contributed by atoms with Gasteiger partial charge in [-0.2, -0.15) is 0 Å². The molecule has 2 saturated heterocycles. The first kappa shape index (κ1) is 22.4. The fourth-order valence-corrected chi connectivity index (χ4v) is 4.77. The molecule has 5 rings (SSSR count). The van der Waals surface area contributed by atoms with Crippen molar-refractivity contribution in [1.29, 1.82) is 0 Å². The quantitative estimate of drug-likeness (QED) is 0.377. The van der Waals surface area contributed by atoms with Gasteiger partial charge in [0, 0.05) is 55.6 Å². The van der Waals surface area contributed by atoms with Gasteiger partial charge in [-0.1, -0.05) is 17.3 Å². The number of hydrogen-bond acceptors (Lipinski definition) is 5. The van der Waals surface area contributed by atoms with Crippen molar-refractivity contribution in [1.82, 2.24) is 9.88 Å². The fourth-order valence-electron chi connectivity index (χ4n) is 4.77. The van der Waals surface area contributed by atoms with E-state index in [1.807, 2.05) is 18.2 Å². The molecule has 0 bridgehead atoms. The minimum absolute atomic E-state index is 0.205. The minimum Gasteiger partial charge on any atom is -0.396 e. The molecule has 5 nitrogen and oxygen atoms in total. The van der Waals surface area contributed by atoms with E-state index in [1.54, 1.807) is 25.3 Å². The van der Waals surface area contributed by atoms with Gasteiger partial charge in [-0.15, -0.1) is 0 Å². The van der Waals surface area contributed by atoms with Crippen molar-refractivity contribution in [3.8, 4) is 0 Å². The second-order valence-electron chi connectivity index (χ2n) is 9.02. The molecule has 3 aromatic rings. The second kappa shape index (κ2) is 9.10. The van der Waals surface area contributed by atoms with Crippen LogP contribution in [0.4, 0.5) is 18.9 Å². The van der Waals surface area contributed by atoms with Crippen LogP contribution in [0.15, 0.2) is 65.9 Å². The van der Waals surface area contributed by atoms with Crippen LogP contribution in [0.25, 0.3) is 0 Å². The summed E-state index contributed by atoms with van der Waals surface area (Å²) in [6.07, 6.45) is 1.78. The zero-order valence-electron chi connectivity index (χ0n) is 18.8. The number of halogens is 3. The van der Waals surface area contributed by atoms with Gasteiger partial charge in [0.2, 0.25) is 0 Å². The van der Waals surface area contributed by atoms with E-state index in [0.717, 1.165) is 56.1 Å². The highest BCUT2D eigenvalue weighted by atomic mass is 19.2. The first-order valence-corrected chi connectivity index (χ1v) is 11.3. The number of likely N-dealkylation sites (tertiary alicyclic amines) is 1. The summed E-state index contributed by atoms with van der Waals surface area (Å²) in [6.45, 7) is 6.78. The lowest BCUT2D eigenvalue weighted by atomic mass is 9.72. The van der Waals surface area contributed by atoms with Crippen molar-refractivity contribution in [2.75, 3.05) is 37.7 Å². The largest absolute Gasteiger partial charge is 0.396 e. The lowest BCUT2D eigenvalue weighted by Gasteiger charge is -2.61. The van der Waals surface area contributed by atoms with Crippen LogP contribution in [0, 0.1) is 22.9 Å². The molecule has 176 valence electrons.